The minimum atomic E-state index is -0.187. The molecule has 3 unspecified atom stereocenters. The monoisotopic (exact) mass is 327 g/mol. The van der Waals surface area contributed by atoms with Gasteiger partial charge in [0.1, 0.15) is 0 Å². The van der Waals surface area contributed by atoms with Crippen molar-refractivity contribution in [3.8, 4) is 0 Å². The number of carbonyl (C=O) groups excluding carboxylic acids is 2. The van der Waals surface area contributed by atoms with Gasteiger partial charge in [0.15, 0.2) is 0 Å². The second-order valence-corrected chi connectivity index (χ2v) is 7.37. The maximum absolute atomic E-state index is 12.0. The number of piperidine rings is 1. The van der Waals surface area contributed by atoms with Gasteiger partial charge >= 0.3 is 0 Å². The molecule has 3 atom stereocenters. The average molecular weight is 327 g/mol. The molecular weight excluding hydrogens is 302 g/mol. The number of amides is 2. The lowest BCUT2D eigenvalue weighted by Gasteiger charge is -2.24. The molecule has 0 saturated carbocycles. The van der Waals surface area contributed by atoms with E-state index in [1.807, 2.05) is 0 Å². The molecular formula is C19H25N3O2. The zero-order valence-electron chi connectivity index (χ0n) is 14.2. The molecule has 5 heteroatoms. The SMILES string of the molecule is CCN1CC2CN(c3ccc(C4CCC(=O)NC4=O)cc3)CC2C1. The van der Waals surface area contributed by atoms with Crippen LogP contribution in [0.4, 0.5) is 5.69 Å². The fourth-order valence-corrected chi connectivity index (χ4v) is 4.49. The molecule has 0 aromatic heterocycles. The molecule has 3 heterocycles. The van der Waals surface area contributed by atoms with Crippen LogP contribution in [-0.2, 0) is 9.59 Å². The Balaban J connectivity index is 1.42. The van der Waals surface area contributed by atoms with Gasteiger partial charge in [0.25, 0.3) is 0 Å². The molecule has 0 bridgehead atoms. The Labute approximate surface area is 143 Å². The van der Waals surface area contributed by atoms with Crippen molar-refractivity contribution >= 4 is 17.5 Å². The van der Waals surface area contributed by atoms with Crippen molar-refractivity contribution < 1.29 is 9.59 Å². The fourth-order valence-electron chi connectivity index (χ4n) is 4.49. The van der Waals surface area contributed by atoms with Crippen LogP contribution in [0.15, 0.2) is 24.3 Å². The van der Waals surface area contributed by atoms with E-state index in [2.05, 4.69) is 46.3 Å². The van der Waals surface area contributed by atoms with Gasteiger partial charge < -0.3 is 9.80 Å². The zero-order valence-corrected chi connectivity index (χ0v) is 14.2. The minimum absolute atomic E-state index is 0.155. The molecule has 0 radical (unpaired) electrons. The highest BCUT2D eigenvalue weighted by atomic mass is 16.2. The Morgan fingerprint density at radius 3 is 2.29 bits per heavy atom. The van der Waals surface area contributed by atoms with Crippen molar-refractivity contribution in [2.75, 3.05) is 37.6 Å². The summed E-state index contributed by atoms with van der Waals surface area (Å²) in [6.45, 7) is 8.13. The number of hydrogen-bond donors (Lipinski definition) is 1. The first-order valence-corrected chi connectivity index (χ1v) is 9.05. The summed E-state index contributed by atoms with van der Waals surface area (Å²) in [6.07, 6.45) is 1.05. The van der Waals surface area contributed by atoms with E-state index in [1.165, 1.54) is 18.8 Å². The lowest BCUT2D eigenvalue weighted by Crippen LogP contribution is -2.39. The summed E-state index contributed by atoms with van der Waals surface area (Å²) in [6, 6.07) is 8.39. The van der Waals surface area contributed by atoms with Gasteiger partial charge in [-0.1, -0.05) is 19.1 Å². The standard InChI is InChI=1S/C19H25N3O2/c1-2-21-9-14-11-22(12-15(14)10-21)16-5-3-13(4-6-16)17-7-8-18(23)20-19(17)24/h3-6,14-15,17H,2,7-12H2,1H3,(H,20,23,24). The molecule has 1 aromatic rings. The van der Waals surface area contributed by atoms with Crippen LogP contribution in [0, 0.1) is 11.8 Å². The maximum atomic E-state index is 12.0. The smallest absolute Gasteiger partial charge is 0.234 e. The van der Waals surface area contributed by atoms with Gasteiger partial charge in [-0.2, -0.15) is 0 Å². The number of fused-ring (bicyclic) bond motifs is 1. The molecule has 5 nitrogen and oxygen atoms in total. The average Bonchev–Trinajstić information content (AvgIpc) is 3.13. The number of likely N-dealkylation sites (tertiary alicyclic amines) is 1. The van der Waals surface area contributed by atoms with Crippen molar-refractivity contribution in [1.29, 1.82) is 0 Å². The second kappa shape index (κ2) is 6.20. The van der Waals surface area contributed by atoms with Crippen LogP contribution in [0.5, 0.6) is 0 Å². The molecule has 24 heavy (non-hydrogen) atoms. The maximum Gasteiger partial charge on any atom is 0.234 e. The summed E-state index contributed by atoms with van der Waals surface area (Å²) in [5.74, 6) is 1.08. The Hall–Kier alpha value is -1.88. The molecule has 2 amide bonds. The van der Waals surface area contributed by atoms with E-state index in [9.17, 15) is 9.59 Å². The van der Waals surface area contributed by atoms with Crippen molar-refractivity contribution in [2.24, 2.45) is 11.8 Å². The number of imide groups is 1. The third-order valence-corrected chi connectivity index (χ3v) is 5.91. The van der Waals surface area contributed by atoms with E-state index in [1.54, 1.807) is 0 Å². The predicted molar refractivity (Wildman–Crippen MR) is 92.9 cm³/mol. The first kappa shape index (κ1) is 15.6. The van der Waals surface area contributed by atoms with Gasteiger partial charge in [0.05, 0.1) is 5.92 Å². The Morgan fingerprint density at radius 2 is 1.71 bits per heavy atom. The largest absolute Gasteiger partial charge is 0.371 e. The van der Waals surface area contributed by atoms with Crippen molar-refractivity contribution in [3.63, 3.8) is 0 Å². The van der Waals surface area contributed by atoms with Crippen LogP contribution in [0.25, 0.3) is 0 Å². The Morgan fingerprint density at radius 1 is 1.04 bits per heavy atom. The Bertz CT molecular complexity index is 629. The number of benzene rings is 1. The Kier molecular flexibility index (Phi) is 4.04. The summed E-state index contributed by atoms with van der Waals surface area (Å²) >= 11 is 0. The van der Waals surface area contributed by atoms with E-state index >= 15 is 0 Å². The summed E-state index contributed by atoms with van der Waals surface area (Å²) in [4.78, 5) is 28.3. The van der Waals surface area contributed by atoms with Crippen molar-refractivity contribution in [3.05, 3.63) is 29.8 Å². The molecule has 3 fully saturated rings. The number of hydrogen-bond acceptors (Lipinski definition) is 4. The van der Waals surface area contributed by atoms with Crippen molar-refractivity contribution in [1.82, 2.24) is 10.2 Å². The molecule has 0 aliphatic carbocycles. The van der Waals surface area contributed by atoms with Crippen LogP contribution >= 0.6 is 0 Å². The first-order chi connectivity index (χ1) is 11.6. The lowest BCUT2D eigenvalue weighted by molar-refractivity contribution is -0.134. The number of carbonyl (C=O) groups is 2. The first-order valence-electron chi connectivity index (χ1n) is 9.05. The quantitative estimate of drug-likeness (QED) is 0.857. The second-order valence-electron chi connectivity index (χ2n) is 7.37. The van der Waals surface area contributed by atoms with Gasteiger partial charge in [-0.3, -0.25) is 14.9 Å². The van der Waals surface area contributed by atoms with Gasteiger partial charge in [-0.05, 0) is 42.5 Å². The van der Waals surface area contributed by atoms with Gasteiger partial charge in [-0.15, -0.1) is 0 Å². The van der Waals surface area contributed by atoms with E-state index < -0.39 is 0 Å². The van der Waals surface area contributed by atoms with Gasteiger partial charge in [-0.25, -0.2) is 0 Å². The number of rotatable bonds is 3. The van der Waals surface area contributed by atoms with Crippen LogP contribution < -0.4 is 10.2 Å². The number of nitrogens with one attached hydrogen (secondary N) is 1. The molecule has 0 spiro atoms. The van der Waals surface area contributed by atoms with E-state index in [-0.39, 0.29) is 17.7 Å². The van der Waals surface area contributed by atoms with E-state index in [4.69, 9.17) is 0 Å². The molecule has 128 valence electrons. The highest BCUT2D eigenvalue weighted by Crippen LogP contribution is 2.34. The normalized spacial score (nSPS) is 30.5. The van der Waals surface area contributed by atoms with Crippen LogP contribution in [0.1, 0.15) is 31.2 Å². The summed E-state index contributed by atoms with van der Waals surface area (Å²) in [5.41, 5.74) is 2.27. The zero-order chi connectivity index (χ0) is 16.7. The fraction of sp³-hybridized carbons (Fsp3) is 0.579. The van der Waals surface area contributed by atoms with Crippen molar-refractivity contribution in [2.45, 2.75) is 25.7 Å². The lowest BCUT2D eigenvalue weighted by atomic mass is 9.90. The highest BCUT2D eigenvalue weighted by molar-refractivity contribution is 6.00. The predicted octanol–water partition coefficient (Wildman–Crippen LogP) is 1.59. The number of nitrogens with zero attached hydrogens (tertiary/aromatic N) is 2. The van der Waals surface area contributed by atoms with Crippen LogP contribution in [0.2, 0.25) is 0 Å². The third-order valence-electron chi connectivity index (χ3n) is 5.91. The van der Waals surface area contributed by atoms with Crippen LogP contribution in [0.3, 0.4) is 0 Å². The molecule has 4 rings (SSSR count). The minimum Gasteiger partial charge on any atom is -0.371 e. The van der Waals surface area contributed by atoms with E-state index in [0.29, 0.717) is 12.8 Å². The molecule has 3 aliphatic heterocycles. The third kappa shape index (κ3) is 2.81. The molecule has 1 aromatic carbocycles. The highest BCUT2D eigenvalue weighted by Gasteiger charge is 2.39. The topological polar surface area (TPSA) is 52.6 Å². The van der Waals surface area contributed by atoms with E-state index in [0.717, 1.165) is 37.0 Å². The summed E-state index contributed by atoms with van der Waals surface area (Å²) in [5, 5.41) is 2.44. The molecule has 1 N–H and O–H groups in total. The summed E-state index contributed by atoms with van der Waals surface area (Å²) < 4.78 is 0. The molecule has 3 aliphatic rings. The summed E-state index contributed by atoms with van der Waals surface area (Å²) in [7, 11) is 0. The van der Waals surface area contributed by atoms with Crippen LogP contribution in [-0.4, -0.2) is 49.4 Å². The van der Waals surface area contributed by atoms with Gasteiger partial charge in [0.2, 0.25) is 11.8 Å². The molecule has 3 saturated heterocycles. The van der Waals surface area contributed by atoms with Gasteiger partial charge in [0, 0.05) is 38.3 Å². The number of anilines is 1.